The number of hydrogen-bond acceptors (Lipinski definition) is 5. The fraction of sp³-hybridized carbons (Fsp3) is 0.143. The van der Waals surface area contributed by atoms with Crippen molar-refractivity contribution in [1.29, 1.82) is 0 Å². The van der Waals surface area contributed by atoms with E-state index in [1.165, 1.54) is 11.8 Å². The third-order valence-electron chi connectivity index (χ3n) is 3.99. The third kappa shape index (κ3) is 5.95. The normalized spacial score (nSPS) is 10.4. The lowest BCUT2D eigenvalue weighted by Gasteiger charge is -2.09. The van der Waals surface area contributed by atoms with Crippen LogP contribution in [0.3, 0.4) is 0 Å². The molecule has 0 aliphatic carbocycles. The van der Waals surface area contributed by atoms with Crippen LogP contribution in [0.2, 0.25) is 5.02 Å². The summed E-state index contributed by atoms with van der Waals surface area (Å²) in [7, 11) is 0. The zero-order chi connectivity index (χ0) is 21.3. The Kier molecular flexibility index (Phi) is 7.64. The molecule has 0 fully saturated rings. The maximum atomic E-state index is 12.3. The van der Waals surface area contributed by atoms with E-state index < -0.39 is 0 Å². The van der Waals surface area contributed by atoms with Crippen molar-refractivity contribution in [2.45, 2.75) is 18.2 Å². The minimum absolute atomic E-state index is 0.143. The Labute approximate surface area is 183 Å². The molecular weight excluding hydrogens is 422 g/mol. The summed E-state index contributed by atoms with van der Waals surface area (Å²) in [5.41, 5.74) is 1.20. The maximum absolute atomic E-state index is 12.3. The zero-order valence-corrected chi connectivity index (χ0v) is 17.6. The van der Waals surface area contributed by atoms with Crippen LogP contribution in [-0.2, 0) is 17.9 Å². The van der Waals surface area contributed by atoms with E-state index in [0.717, 1.165) is 5.69 Å². The summed E-state index contributed by atoms with van der Waals surface area (Å²) in [6.07, 6.45) is 1.71. The molecule has 0 aliphatic rings. The zero-order valence-electron chi connectivity index (χ0n) is 16.0. The number of para-hydroxylation sites is 1. The van der Waals surface area contributed by atoms with Gasteiger partial charge in [-0.15, -0.1) is 16.8 Å². The van der Waals surface area contributed by atoms with E-state index in [1.807, 2.05) is 34.9 Å². The SMILES string of the molecule is C=CCn1c(CNC(=O)c2cccc(Cl)c2)nnc1SCC(=O)Nc1ccccc1. The van der Waals surface area contributed by atoms with Crippen molar-refractivity contribution in [2.24, 2.45) is 0 Å². The smallest absolute Gasteiger partial charge is 0.251 e. The van der Waals surface area contributed by atoms with Crippen LogP contribution in [0.4, 0.5) is 5.69 Å². The summed E-state index contributed by atoms with van der Waals surface area (Å²) in [5.74, 6) is 0.340. The number of hydrogen-bond donors (Lipinski definition) is 2. The van der Waals surface area contributed by atoms with Crippen molar-refractivity contribution in [1.82, 2.24) is 20.1 Å². The van der Waals surface area contributed by atoms with Crippen molar-refractivity contribution in [3.8, 4) is 0 Å². The Morgan fingerprint density at radius 2 is 1.93 bits per heavy atom. The molecular formula is C21H20ClN5O2S. The predicted octanol–water partition coefficient (Wildman–Crippen LogP) is 3.78. The first-order chi connectivity index (χ1) is 14.6. The van der Waals surface area contributed by atoms with Gasteiger partial charge >= 0.3 is 0 Å². The molecule has 7 nitrogen and oxygen atoms in total. The Hall–Kier alpha value is -3.10. The highest BCUT2D eigenvalue weighted by molar-refractivity contribution is 7.99. The summed E-state index contributed by atoms with van der Waals surface area (Å²) >= 11 is 7.20. The lowest BCUT2D eigenvalue weighted by Crippen LogP contribution is -2.24. The van der Waals surface area contributed by atoms with Crippen LogP contribution in [0, 0.1) is 0 Å². The molecule has 0 saturated carbocycles. The van der Waals surface area contributed by atoms with E-state index in [0.29, 0.717) is 28.1 Å². The molecule has 0 aliphatic heterocycles. The van der Waals surface area contributed by atoms with Crippen molar-refractivity contribution >= 4 is 40.9 Å². The molecule has 0 bridgehead atoms. The second-order valence-electron chi connectivity index (χ2n) is 6.19. The van der Waals surface area contributed by atoms with Gasteiger partial charge in [0.2, 0.25) is 5.91 Å². The van der Waals surface area contributed by atoms with Gasteiger partial charge in [-0.3, -0.25) is 9.59 Å². The number of amides is 2. The average Bonchev–Trinajstić information content (AvgIpc) is 3.13. The molecule has 0 atom stereocenters. The van der Waals surface area contributed by atoms with E-state index in [4.69, 9.17) is 11.6 Å². The largest absolute Gasteiger partial charge is 0.345 e. The van der Waals surface area contributed by atoms with Crippen molar-refractivity contribution in [3.05, 3.63) is 83.7 Å². The Bertz CT molecular complexity index is 1040. The molecule has 0 saturated heterocycles. The monoisotopic (exact) mass is 441 g/mol. The van der Waals surface area contributed by atoms with E-state index in [1.54, 1.807) is 30.3 Å². The number of thioether (sulfide) groups is 1. The predicted molar refractivity (Wildman–Crippen MR) is 119 cm³/mol. The molecule has 0 unspecified atom stereocenters. The number of allylic oxidation sites excluding steroid dienone is 1. The highest BCUT2D eigenvalue weighted by Crippen LogP contribution is 2.18. The number of nitrogens with zero attached hydrogens (tertiary/aromatic N) is 3. The summed E-state index contributed by atoms with van der Waals surface area (Å²) in [5, 5.41) is 15.0. The number of carbonyl (C=O) groups excluding carboxylic acids is 2. The number of anilines is 1. The van der Waals surface area contributed by atoms with E-state index >= 15 is 0 Å². The Balaban J connectivity index is 1.60. The van der Waals surface area contributed by atoms with Crippen LogP contribution in [0.25, 0.3) is 0 Å². The van der Waals surface area contributed by atoms with Crippen molar-refractivity contribution in [2.75, 3.05) is 11.1 Å². The number of aromatic nitrogens is 3. The van der Waals surface area contributed by atoms with Crippen molar-refractivity contribution in [3.63, 3.8) is 0 Å². The molecule has 154 valence electrons. The fourth-order valence-electron chi connectivity index (χ4n) is 2.61. The molecule has 2 aromatic carbocycles. The van der Waals surface area contributed by atoms with Crippen LogP contribution in [-0.4, -0.2) is 32.3 Å². The molecule has 0 spiro atoms. The lowest BCUT2D eigenvalue weighted by atomic mass is 10.2. The van der Waals surface area contributed by atoms with Gasteiger partial charge < -0.3 is 15.2 Å². The second-order valence-corrected chi connectivity index (χ2v) is 7.57. The van der Waals surface area contributed by atoms with Gasteiger partial charge in [0.1, 0.15) is 0 Å². The van der Waals surface area contributed by atoms with Crippen LogP contribution < -0.4 is 10.6 Å². The molecule has 1 heterocycles. The maximum Gasteiger partial charge on any atom is 0.251 e. The first kappa shape index (κ1) is 21.6. The average molecular weight is 442 g/mol. The van der Waals surface area contributed by atoms with Gasteiger partial charge in [-0.1, -0.05) is 53.7 Å². The van der Waals surface area contributed by atoms with Gasteiger partial charge in [-0.05, 0) is 30.3 Å². The van der Waals surface area contributed by atoms with Crippen LogP contribution >= 0.6 is 23.4 Å². The topological polar surface area (TPSA) is 88.9 Å². The van der Waals surface area contributed by atoms with Gasteiger partial charge in [0, 0.05) is 22.8 Å². The summed E-state index contributed by atoms with van der Waals surface area (Å²) < 4.78 is 1.81. The Morgan fingerprint density at radius 1 is 1.13 bits per heavy atom. The van der Waals surface area contributed by atoms with Gasteiger partial charge in [0.05, 0.1) is 12.3 Å². The van der Waals surface area contributed by atoms with Gasteiger partial charge in [-0.25, -0.2) is 0 Å². The van der Waals surface area contributed by atoms with E-state index in [-0.39, 0.29) is 24.1 Å². The van der Waals surface area contributed by atoms with Crippen LogP contribution in [0.5, 0.6) is 0 Å². The highest BCUT2D eigenvalue weighted by atomic mass is 35.5. The molecule has 2 N–H and O–H groups in total. The first-order valence-corrected chi connectivity index (χ1v) is 10.5. The molecule has 2 amide bonds. The van der Waals surface area contributed by atoms with E-state index in [9.17, 15) is 9.59 Å². The summed E-state index contributed by atoms with van der Waals surface area (Å²) in [6.45, 7) is 4.39. The lowest BCUT2D eigenvalue weighted by molar-refractivity contribution is -0.113. The molecule has 3 rings (SSSR count). The quantitative estimate of drug-likeness (QED) is 0.389. The molecule has 30 heavy (non-hydrogen) atoms. The number of rotatable bonds is 9. The minimum Gasteiger partial charge on any atom is -0.345 e. The van der Waals surface area contributed by atoms with Gasteiger partial charge in [0.25, 0.3) is 5.91 Å². The minimum atomic E-state index is -0.262. The number of nitrogens with one attached hydrogen (secondary N) is 2. The van der Waals surface area contributed by atoms with Crippen molar-refractivity contribution < 1.29 is 9.59 Å². The molecule has 1 aromatic heterocycles. The van der Waals surface area contributed by atoms with Gasteiger partial charge in [-0.2, -0.15) is 0 Å². The summed E-state index contributed by atoms with van der Waals surface area (Å²) in [6, 6.07) is 15.9. The molecule has 3 aromatic rings. The molecule has 9 heteroatoms. The van der Waals surface area contributed by atoms with Gasteiger partial charge in [0.15, 0.2) is 11.0 Å². The number of benzene rings is 2. The Morgan fingerprint density at radius 3 is 2.67 bits per heavy atom. The fourth-order valence-corrected chi connectivity index (χ4v) is 3.57. The second kappa shape index (κ2) is 10.6. The number of carbonyl (C=O) groups is 2. The third-order valence-corrected chi connectivity index (χ3v) is 5.19. The van der Waals surface area contributed by atoms with E-state index in [2.05, 4.69) is 27.4 Å². The highest BCUT2D eigenvalue weighted by Gasteiger charge is 2.15. The standard InChI is InChI=1S/C21H20ClN5O2S/c1-2-11-27-18(13-23-20(29)15-7-6-8-16(22)12-15)25-26-21(27)30-14-19(28)24-17-9-4-3-5-10-17/h2-10,12H,1,11,13-14H2,(H,23,29)(H,24,28). The summed E-state index contributed by atoms with van der Waals surface area (Å²) in [4.78, 5) is 24.5. The molecule has 0 radical (unpaired) electrons. The first-order valence-electron chi connectivity index (χ1n) is 9.11. The van der Waals surface area contributed by atoms with Crippen LogP contribution in [0.1, 0.15) is 16.2 Å². The van der Waals surface area contributed by atoms with Crippen LogP contribution in [0.15, 0.2) is 72.4 Å². The number of halogens is 1.